The molecule has 168 valence electrons. The van der Waals surface area contributed by atoms with Crippen LogP contribution < -0.4 is 15.2 Å². The predicted molar refractivity (Wildman–Crippen MR) is 124 cm³/mol. The van der Waals surface area contributed by atoms with Gasteiger partial charge in [0.2, 0.25) is 0 Å². The fraction of sp³-hybridized carbons (Fsp3) is 0.542. The van der Waals surface area contributed by atoms with E-state index in [4.69, 9.17) is 4.74 Å². The molecule has 0 radical (unpaired) electrons. The van der Waals surface area contributed by atoms with Crippen LogP contribution in [-0.4, -0.2) is 62.7 Å². The van der Waals surface area contributed by atoms with E-state index in [1.807, 2.05) is 24.3 Å². The summed E-state index contributed by atoms with van der Waals surface area (Å²) >= 11 is 0. The quantitative estimate of drug-likeness (QED) is 0.680. The lowest BCUT2D eigenvalue weighted by molar-refractivity contribution is 0.198. The Labute approximate surface area is 187 Å². The fourth-order valence-corrected chi connectivity index (χ4v) is 5.40. The molecule has 8 heteroatoms. The Balaban J connectivity index is 1.38. The molecule has 1 N–H and O–H groups in total. The van der Waals surface area contributed by atoms with Crippen molar-refractivity contribution in [3.63, 3.8) is 0 Å². The second-order valence-electron chi connectivity index (χ2n) is 10.1. The van der Waals surface area contributed by atoms with Gasteiger partial charge in [-0.25, -0.2) is 4.68 Å². The molecule has 3 aromatic rings. The molecule has 3 fully saturated rings. The van der Waals surface area contributed by atoms with Crippen molar-refractivity contribution in [2.24, 2.45) is 7.05 Å². The standard InChI is InChI=1S/C24H30N6O2/c1-23(8-9-23)32-16-5-6-18-17(13-16)21(26-25-18)19-14-20(22(31)29(3)27-19)30-12-10-24(15-30)7-4-11-28(24)2/h5-6,13-14H,4,7-12,15H2,1-3H3,(H,25,26). The summed E-state index contributed by atoms with van der Waals surface area (Å²) in [5.74, 6) is 0.843. The highest BCUT2D eigenvalue weighted by atomic mass is 16.5. The average molecular weight is 435 g/mol. The molecule has 32 heavy (non-hydrogen) atoms. The van der Waals surface area contributed by atoms with Crippen LogP contribution in [0, 0.1) is 0 Å². The molecule has 2 aliphatic heterocycles. The maximum atomic E-state index is 13.0. The van der Waals surface area contributed by atoms with E-state index in [0.717, 1.165) is 61.2 Å². The minimum absolute atomic E-state index is 0.0429. The number of rotatable bonds is 4. The van der Waals surface area contributed by atoms with E-state index >= 15 is 0 Å². The van der Waals surface area contributed by atoms with Crippen LogP contribution in [-0.2, 0) is 7.05 Å². The molecule has 2 aromatic heterocycles. The Kier molecular flexibility index (Phi) is 4.21. The van der Waals surface area contributed by atoms with Crippen molar-refractivity contribution in [2.45, 2.75) is 50.2 Å². The van der Waals surface area contributed by atoms with Crippen LogP contribution in [0.2, 0.25) is 0 Å². The molecule has 1 unspecified atom stereocenters. The van der Waals surface area contributed by atoms with E-state index in [2.05, 4.69) is 39.1 Å². The van der Waals surface area contributed by atoms with Crippen LogP contribution in [0.1, 0.15) is 39.0 Å². The predicted octanol–water partition coefficient (Wildman–Crippen LogP) is 2.93. The second-order valence-corrected chi connectivity index (χ2v) is 10.1. The van der Waals surface area contributed by atoms with Gasteiger partial charge in [-0.3, -0.25) is 14.8 Å². The summed E-state index contributed by atoms with van der Waals surface area (Å²) in [6.07, 6.45) is 5.69. The molecule has 3 aliphatic rings. The van der Waals surface area contributed by atoms with E-state index in [0.29, 0.717) is 11.4 Å². The van der Waals surface area contributed by atoms with Crippen molar-refractivity contribution in [1.29, 1.82) is 0 Å². The Hall–Kier alpha value is -2.87. The maximum Gasteiger partial charge on any atom is 0.290 e. The first-order valence-electron chi connectivity index (χ1n) is 11.6. The zero-order valence-corrected chi connectivity index (χ0v) is 19.0. The van der Waals surface area contributed by atoms with Gasteiger partial charge in [-0.05, 0) is 76.9 Å². The molecule has 8 nitrogen and oxygen atoms in total. The van der Waals surface area contributed by atoms with Crippen LogP contribution in [0.4, 0.5) is 5.69 Å². The molecular formula is C24H30N6O2. The number of aryl methyl sites for hydroxylation is 1. The first-order valence-corrected chi connectivity index (χ1v) is 11.6. The number of H-pyrrole nitrogens is 1. The lowest BCUT2D eigenvalue weighted by atomic mass is 9.96. The third-order valence-electron chi connectivity index (χ3n) is 7.76. The van der Waals surface area contributed by atoms with Crippen LogP contribution in [0.5, 0.6) is 5.75 Å². The van der Waals surface area contributed by atoms with Gasteiger partial charge >= 0.3 is 0 Å². The molecule has 1 atom stereocenters. The van der Waals surface area contributed by atoms with Gasteiger partial charge in [0.15, 0.2) is 0 Å². The number of fused-ring (bicyclic) bond motifs is 1. The van der Waals surface area contributed by atoms with E-state index < -0.39 is 0 Å². The number of hydrogen-bond donors (Lipinski definition) is 1. The van der Waals surface area contributed by atoms with Gasteiger partial charge in [-0.1, -0.05) is 0 Å². The van der Waals surface area contributed by atoms with Crippen LogP contribution in [0.25, 0.3) is 22.3 Å². The normalized spacial score (nSPS) is 24.7. The highest BCUT2D eigenvalue weighted by Gasteiger charge is 2.44. The third kappa shape index (κ3) is 3.11. The Bertz CT molecular complexity index is 1260. The van der Waals surface area contributed by atoms with Crippen LogP contribution >= 0.6 is 0 Å². The first-order chi connectivity index (χ1) is 15.4. The first kappa shape index (κ1) is 19.8. The highest BCUT2D eigenvalue weighted by molar-refractivity contribution is 5.93. The topological polar surface area (TPSA) is 79.3 Å². The highest BCUT2D eigenvalue weighted by Crippen LogP contribution is 2.41. The zero-order valence-electron chi connectivity index (χ0n) is 19.0. The molecule has 1 aliphatic carbocycles. The van der Waals surface area contributed by atoms with Crippen molar-refractivity contribution in [3.8, 4) is 17.1 Å². The SMILES string of the molecule is CN1CCCC12CCN(c1cc(-c3n[nH]c4ccc(OC5(C)CC5)cc34)nn(C)c1=O)C2. The molecule has 1 aromatic carbocycles. The van der Waals surface area contributed by atoms with Gasteiger partial charge in [0.05, 0.1) is 5.52 Å². The van der Waals surface area contributed by atoms with Crippen molar-refractivity contribution < 1.29 is 4.74 Å². The number of likely N-dealkylation sites (N-methyl/N-ethyl adjacent to an activating group) is 1. The Morgan fingerprint density at radius 3 is 2.69 bits per heavy atom. The van der Waals surface area contributed by atoms with E-state index in [1.54, 1.807) is 7.05 Å². The monoisotopic (exact) mass is 434 g/mol. The van der Waals surface area contributed by atoms with Gasteiger partial charge < -0.3 is 9.64 Å². The molecule has 2 saturated heterocycles. The summed E-state index contributed by atoms with van der Waals surface area (Å²) in [7, 11) is 3.93. The van der Waals surface area contributed by atoms with Gasteiger partial charge in [0, 0.05) is 31.1 Å². The number of benzene rings is 1. The molecule has 4 heterocycles. The van der Waals surface area contributed by atoms with Crippen molar-refractivity contribution in [1.82, 2.24) is 24.9 Å². The number of hydrogen-bond acceptors (Lipinski definition) is 6. The maximum absolute atomic E-state index is 13.0. The number of aromatic nitrogens is 4. The third-order valence-corrected chi connectivity index (χ3v) is 7.76. The summed E-state index contributed by atoms with van der Waals surface area (Å²) < 4.78 is 7.61. The summed E-state index contributed by atoms with van der Waals surface area (Å²) in [5.41, 5.74) is 3.18. The van der Waals surface area contributed by atoms with Crippen molar-refractivity contribution in [3.05, 3.63) is 34.6 Å². The number of nitrogens with zero attached hydrogens (tertiary/aromatic N) is 5. The molecule has 6 rings (SSSR count). The summed E-state index contributed by atoms with van der Waals surface area (Å²) in [6.45, 7) is 5.05. The smallest absolute Gasteiger partial charge is 0.290 e. The van der Waals surface area contributed by atoms with Gasteiger partial charge in [0.25, 0.3) is 5.56 Å². The molecule has 1 saturated carbocycles. The van der Waals surface area contributed by atoms with Gasteiger partial charge in [0.1, 0.15) is 28.4 Å². The molecule has 1 spiro atoms. The van der Waals surface area contributed by atoms with Crippen LogP contribution in [0.15, 0.2) is 29.1 Å². The van der Waals surface area contributed by atoms with E-state index in [9.17, 15) is 4.79 Å². The number of anilines is 1. The van der Waals surface area contributed by atoms with E-state index in [1.165, 1.54) is 17.5 Å². The minimum Gasteiger partial charge on any atom is -0.488 e. The van der Waals surface area contributed by atoms with Gasteiger partial charge in [-0.2, -0.15) is 10.2 Å². The van der Waals surface area contributed by atoms with Crippen molar-refractivity contribution >= 4 is 16.6 Å². The number of nitrogens with one attached hydrogen (secondary N) is 1. The zero-order chi connectivity index (χ0) is 22.1. The molecule has 0 bridgehead atoms. The Morgan fingerprint density at radius 2 is 1.94 bits per heavy atom. The summed E-state index contributed by atoms with van der Waals surface area (Å²) in [4.78, 5) is 17.8. The fourth-order valence-electron chi connectivity index (χ4n) is 5.40. The van der Waals surface area contributed by atoms with Crippen LogP contribution in [0.3, 0.4) is 0 Å². The molecular weight excluding hydrogens is 404 g/mol. The number of aromatic amines is 1. The largest absolute Gasteiger partial charge is 0.488 e. The average Bonchev–Trinajstić information content (AvgIpc) is 3.13. The summed E-state index contributed by atoms with van der Waals surface area (Å²) in [5, 5.41) is 13.2. The Morgan fingerprint density at radius 1 is 1.09 bits per heavy atom. The summed E-state index contributed by atoms with van der Waals surface area (Å²) in [6, 6.07) is 7.93. The van der Waals surface area contributed by atoms with E-state index in [-0.39, 0.29) is 16.7 Å². The minimum atomic E-state index is -0.0584. The lowest BCUT2D eigenvalue weighted by Gasteiger charge is -2.32. The molecule has 0 amide bonds. The number of likely N-dealkylation sites (tertiary alicyclic amines) is 1. The van der Waals surface area contributed by atoms with Gasteiger partial charge in [-0.15, -0.1) is 0 Å². The lowest BCUT2D eigenvalue weighted by Crippen LogP contribution is -2.44. The number of ether oxygens (including phenoxy) is 1. The van der Waals surface area contributed by atoms with Crippen molar-refractivity contribution in [2.75, 3.05) is 31.6 Å². The second kappa shape index (κ2) is 6.81.